The maximum atomic E-state index is 11.8. The Bertz CT molecular complexity index is 886. The molecule has 1 fully saturated rings. The monoisotopic (exact) mass is 419 g/mol. The molecule has 1 aliphatic rings. The van der Waals surface area contributed by atoms with Gasteiger partial charge >= 0.3 is 5.97 Å². The van der Waals surface area contributed by atoms with E-state index >= 15 is 0 Å². The van der Waals surface area contributed by atoms with Crippen molar-refractivity contribution >= 4 is 16.1 Å². The van der Waals surface area contributed by atoms with Crippen molar-refractivity contribution in [1.29, 1.82) is 0 Å². The smallest absolute Gasteiger partial charge is 0.323 e. The molecule has 0 unspecified atom stereocenters. The van der Waals surface area contributed by atoms with Crippen molar-refractivity contribution in [3.05, 3.63) is 65.2 Å². The molecule has 2 aromatic rings. The van der Waals surface area contributed by atoms with Gasteiger partial charge in [0.15, 0.2) is 0 Å². The highest BCUT2D eigenvalue weighted by atomic mass is 32.2. The van der Waals surface area contributed by atoms with Gasteiger partial charge in [-0.05, 0) is 63.6 Å². The number of hydrogen-bond acceptors (Lipinski definition) is 5. The average Bonchev–Trinajstić information content (AvgIpc) is 3.17. The number of carbonyl (C=O) groups is 1. The fraction of sp³-hybridized carbons (Fsp3) is 0.409. The molecule has 6 nitrogen and oxygen atoms in total. The average molecular weight is 420 g/mol. The van der Waals surface area contributed by atoms with Crippen LogP contribution in [0.15, 0.2) is 53.4 Å². The normalized spacial score (nSPS) is 15.3. The van der Waals surface area contributed by atoms with Gasteiger partial charge in [-0.25, -0.2) is 0 Å². The molecular formula is C22H29NO5S. The molecule has 0 heterocycles. The number of aryl methyl sites for hydroxylation is 2. The molecule has 7 heteroatoms. The summed E-state index contributed by atoms with van der Waals surface area (Å²) in [6, 6.07) is 13.5. The first-order valence-electron chi connectivity index (χ1n) is 9.71. The van der Waals surface area contributed by atoms with Crippen molar-refractivity contribution in [2.75, 3.05) is 0 Å². The molecule has 3 rings (SSSR count). The molecular weight excluding hydrogens is 390 g/mol. The Hall–Kier alpha value is -2.22. The van der Waals surface area contributed by atoms with Crippen LogP contribution in [0.3, 0.4) is 0 Å². The van der Waals surface area contributed by atoms with Crippen LogP contribution in [0.5, 0.6) is 0 Å². The van der Waals surface area contributed by atoms with Crippen molar-refractivity contribution < 1.29 is 22.5 Å². The van der Waals surface area contributed by atoms with Gasteiger partial charge in [-0.3, -0.25) is 9.35 Å². The molecule has 1 atom stereocenters. The highest BCUT2D eigenvalue weighted by Crippen LogP contribution is 2.21. The molecule has 2 aromatic carbocycles. The minimum atomic E-state index is -4.02. The van der Waals surface area contributed by atoms with E-state index in [9.17, 15) is 13.2 Å². The summed E-state index contributed by atoms with van der Waals surface area (Å²) in [5.41, 5.74) is 9.14. The molecule has 1 aliphatic carbocycles. The summed E-state index contributed by atoms with van der Waals surface area (Å²) in [5, 5.41) is 0. The number of benzene rings is 2. The lowest BCUT2D eigenvalue weighted by atomic mass is 10.1. The Morgan fingerprint density at radius 2 is 1.52 bits per heavy atom. The molecule has 158 valence electrons. The summed E-state index contributed by atoms with van der Waals surface area (Å²) in [4.78, 5) is 11.8. The summed E-state index contributed by atoms with van der Waals surface area (Å²) in [7, 11) is -4.02. The Kier molecular flexibility index (Phi) is 8.37. The van der Waals surface area contributed by atoms with Crippen LogP contribution in [0, 0.1) is 13.8 Å². The highest BCUT2D eigenvalue weighted by Gasteiger charge is 2.23. The first kappa shape index (κ1) is 23.1. The van der Waals surface area contributed by atoms with Crippen molar-refractivity contribution in [2.45, 2.75) is 63.0 Å². The van der Waals surface area contributed by atoms with E-state index in [2.05, 4.69) is 0 Å². The van der Waals surface area contributed by atoms with Gasteiger partial charge in [0.2, 0.25) is 0 Å². The van der Waals surface area contributed by atoms with E-state index in [0.717, 1.165) is 36.8 Å². The third-order valence-electron chi connectivity index (χ3n) is 4.78. The fourth-order valence-electron chi connectivity index (χ4n) is 3.03. The summed E-state index contributed by atoms with van der Waals surface area (Å²) >= 11 is 0. The van der Waals surface area contributed by atoms with E-state index in [1.165, 1.54) is 17.7 Å². The number of hydrogen-bond donors (Lipinski definition) is 2. The van der Waals surface area contributed by atoms with Gasteiger partial charge in [-0.1, -0.05) is 47.5 Å². The summed E-state index contributed by atoms with van der Waals surface area (Å²) < 4.78 is 35.0. The largest absolute Gasteiger partial charge is 0.461 e. The van der Waals surface area contributed by atoms with Gasteiger partial charge in [0.25, 0.3) is 10.1 Å². The van der Waals surface area contributed by atoms with Gasteiger partial charge in [-0.15, -0.1) is 0 Å². The second-order valence-corrected chi connectivity index (χ2v) is 8.85. The lowest BCUT2D eigenvalue weighted by Crippen LogP contribution is -2.36. The standard InChI is InChI=1S/C15H21NO2.C7H8O3S/c1-11-6-8-12(9-7-11)10-14(16)15(17)18-13-4-2-3-5-13;1-6-2-4-7(5-3-6)11(8,9)10/h6-9,13-14H,2-5,10,16H2,1H3;2-5H,1H3,(H,8,9,10)/t14-;/m0./s1. The molecule has 0 spiro atoms. The Balaban J connectivity index is 0.000000234. The zero-order valence-electron chi connectivity index (χ0n) is 16.9. The molecule has 3 N–H and O–H groups in total. The number of rotatable bonds is 5. The quantitative estimate of drug-likeness (QED) is 0.566. The SMILES string of the molecule is Cc1ccc(C[C@H](N)C(=O)OC2CCCC2)cc1.Cc1ccc(S(=O)(=O)O)cc1. The molecule has 0 radical (unpaired) electrons. The van der Waals surface area contributed by atoms with Crippen LogP contribution < -0.4 is 5.73 Å². The van der Waals surface area contributed by atoms with Crippen molar-refractivity contribution in [3.8, 4) is 0 Å². The highest BCUT2D eigenvalue weighted by molar-refractivity contribution is 7.85. The summed E-state index contributed by atoms with van der Waals surface area (Å²) in [6.45, 7) is 3.88. The van der Waals surface area contributed by atoms with E-state index in [4.69, 9.17) is 15.0 Å². The second-order valence-electron chi connectivity index (χ2n) is 7.43. The first-order chi connectivity index (χ1) is 13.6. The predicted molar refractivity (Wildman–Crippen MR) is 112 cm³/mol. The number of nitrogens with two attached hydrogens (primary N) is 1. The third-order valence-corrected chi connectivity index (χ3v) is 5.65. The van der Waals surface area contributed by atoms with E-state index in [1.807, 2.05) is 38.1 Å². The van der Waals surface area contributed by atoms with Crippen LogP contribution in [0.4, 0.5) is 0 Å². The first-order valence-corrected chi connectivity index (χ1v) is 11.1. The molecule has 0 bridgehead atoms. The zero-order valence-corrected chi connectivity index (χ0v) is 17.7. The van der Waals surface area contributed by atoms with E-state index in [0.29, 0.717) is 6.42 Å². The molecule has 1 saturated carbocycles. The Morgan fingerprint density at radius 3 is 2.00 bits per heavy atom. The third kappa shape index (κ3) is 7.97. The lowest BCUT2D eigenvalue weighted by molar-refractivity contribution is -0.150. The minimum Gasteiger partial charge on any atom is -0.461 e. The van der Waals surface area contributed by atoms with Gasteiger partial charge in [0, 0.05) is 0 Å². The Morgan fingerprint density at radius 1 is 1.03 bits per heavy atom. The number of esters is 1. The summed E-state index contributed by atoms with van der Waals surface area (Å²) in [5.74, 6) is -0.262. The van der Waals surface area contributed by atoms with Crippen LogP contribution >= 0.6 is 0 Å². The molecule has 0 amide bonds. The van der Waals surface area contributed by atoms with Crippen LogP contribution in [0.2, 0.25) is 0 Å². The van der Waals surface area contributed by atoms with Gasteiger partial charge in [0.1, 0.15) is 12.1 Å². The van der Waals surface area contributed by atoms with Crippen LogP contribution in [0.1, 0.15) is 42.4 Å². The molecule has 0 saturated heterocycles. The predicted octanol–water partition coefficient (Wildman–Crippen LogP) is 3.59. The van der Waals surface area contributed by atoms with E-state index in [1.54, 1.807) is 12.1 Å². The minimum absolute atomic E-state index is 0.0666. The number of ether oxygens (including phenoxy) is 1. The topological polar surface area (TPSA) is 107 Å². The van der Waals surface area contributed by atoms with E-state index < -0.39 is 16.2 Å². The lowest BCUT2D eigenvalue weighted by Gasteiger charge is -2.15. The molecule has 0 aromatic heterocycles. The van der Waals surface area contributed by atoms with E-state index in [-0.39, 0.29) is 17.0 Å². The van der Waals surface area contributed by atoms with Crippen LogP contribution in [0.25, 0.3) is 0 Å². The number of carbonyl (C=O) groups excluding carboxylic acids is 1. The molecule has 0 aliphatic heterocycles. The van der Waals surface area contributed by atoms with Crippen molar-refractivity contribution in [2.24, 2.45) is 5.73 Å². The van der Waals surface area contributed by atoms with Crippen LogP contribution in [-0.2, 0) is 26.1 Å². The van der Waals surface area contributed by atoms with Crippen molar-refractivity contribution in [3.63, 3.8) is 0 Å². The second kappa shape index (κ2) is 10.5. The Labute approximate surface area is 172 Å². The van der Waals surface area contributed by atoms with Crippen molar-refractivity contribution in [1.82, 2.24) is 0 Å². The fourth-order valence-corrected chi connectivity index (χ4v) is 3.51. The van der Waals surface area contributed by atoms with Gasteiger partial charge < -0.3 is 10.5 Å². The zero-order chi connectivity index (χ0) is 21.4. The van der Waals surface area contributed by atoms with Gasteiger partial charge in [0.05, 0.1) is 4.90 Å². The maximum Gasteiger partial charge on any atom is 0.323 e. The molecule has 29 heavy (non-hydrogen) atoms. The maximum absolute atomic E-state index is 11.8. The van der Waals surface area contributed by atoms with Crippen LogP contribution in [-0.4, -0.2) is 31.1 Å². The summed E-state index contributed by atoms with van der Waals surface area (Å²) in [6.07, 6.45) is 4.94. The van der Waals surface area contributed by atoms with Gasteiger partial charge in [-0.2, -0.15) is 8.42 Å².